The Bertz CT molecular complexity index is 445. The summed E-state index contributed by atoms with van der Waals surface area (Å²) in [6, 6.07) is 1.26. The molecule has 1 heterocycles. The number of anilines is 1. The van der Waals surface area contributed by atoms with E-state index in [0.29, 0.717) is 6.04 Å². The van der Waals surface area contributed by atoms with Crippen molar-refractivity contribution < 1.29 is 0 Å². The predicted molar refractivity (Wildman–Crippen MR) is 86.7 cm³/mol. The average molecular weight is 293 g/mol. The van der Waals surface area contributed by atoms with E-state index in [-0.39, 0.29) is 0 Å². The molecule has 3 rings (SSSR count). The Balaban J connectivity index is 1.75. The van der Waals surface area contributed by atoms with Gasteiger partial charge in [-0.15, -0.1) is 11.3 Å². The largest absolute Gasteiger partial charge is 0.348 e. The number of hydrogen-bond acceptors (Lipinski definition) is 4. The monoisotopic (exact) mass is 293 g/mol. The lowest BCUT2D eigenvalue weighted by molar-refractivity contribution is 0.590. The summed E-state index contributed by atoms with van der Waals surface area (Å²) < 4.78 is 0. The first-order valence-electron chi connectivity index (χ1n) is 8.11. The summed E-state index contributed by atoms with van der Waals surface area (Å²) in [5.74, 6) is 0.751. The zero-order valence-electron chi connectivity index (χ0n) is 13.0. The standard InChI is InChI=1S/C16H27N3S/c1-11(2)17-10-14-15(12-8-9-12)18-16(20-14)19(3)13-6-4-5-7-13/h11-13,17H,4-10H2,1-3H3. The first kappa shape index (κ1) is 14.3. The number of thiazole rings is 1. The molecule has 0 aliphatic heterocycles. The molecular weight excluding hydrogens is 266 g/mol. The Morgan fingerprint density at radius 1 is 1.25 bits per heavy atom. The van der Waals surface area contributed by atoms with Gasteiger partial charge in [-0.25, -0.2) is 4.98 Å². The molecule has 112 valence electrons. The molecule has 0 atom stereocenters. The molecule has 2 saturated carbocycles. The fourth-order valence-corrected chi connectivity index (χ4v) is 4.18. The molecule has 0 spiro atoms. The van der Waals surface area contributed by atoms with Crippen molar-refractivity contribution in [1.82, 2.24) is 10.3 Å². The summed E-state index contributed by atoms with van der Waals surface area (Å²) in [5.41, 5.74) is 1.39. The Morgan fingerprint density at radius 2 is 1.95 bits per heavy atom. The maximum absolute atomic E-state index is 5.00. The van der Waals surface area contributed by atoms with Crippen molar-refractivity contribution in [3.63, 3.8) is 0 Å². The highest BCUT2D eigenvalue weighted by molar-refractivity contribution is 7.15. The van der Waals surface area contributed by atoms with Crippen LogP contribution in [0.25, 0.3) is 0 Å². The second-order valence-electron chi connectivity index (χ2n) is 6.66. The number of nitrogens with zero attached hydrogens (tertiary/aromatic N) is 2. The van der Waals surface area contributed by atoms with Crippen molar-refractivity contribution in [2.45, 2.75) is 76.9 Å². The molecule has 4 heteroatoms. The molecule has 0 bridgehead atoms. The Hall–Kier alpha value is -0.610. The van der Waals surface area contributed by atoms with Crippen LogP contribution in [0.15, 0.2) is 0 Å². The van der Waals surface area contributed by atoms with Crippen LogP contribution in [0.5, 0.6) is 0 Å². The zero-order chi connectivity index (χ0) is 14.1. The van der Waals surface area contributed by atoms with Crippen LogP contribution in [0.3, 0.4) is 0 Å². The molecule has 1 N–H and O–H groups in total. The fraction of sp³-hybridized carbons (Fsp3) is 0.812. The molecule has 2 aliphatic carbocycles. The minimum absolute atomic E-state index is 0.542. The number of rotatable bonds is 6. The second kappa shape index (κ2) is 6.02. The minimum Gasteiger partial charge on any atom is -0.348 e. The highest BCUT2D eigenvalue weighted by Gasteiger charge is 2.31. The lowest BCUT2D eigenvalue weighted by Crippen LogP contribution is -2.28. The number of aromatic nitrogens is 1. The Labute approximate surface area is 126 Å². The summed E-state index contributed by atoms with van der Waals surface area (Å²) in [7, 11) is 2.24. The molecule has 0 aromatic carbocycles. The SMILES string of the molecule is CC(C)NCc1sc(N(C)C2CCCC2)nc1C1CC1. The van der Waals surface area contributed by atoms with Gasteiger partial charge in [0.05, 0.1) is 5.69 Å². The van der Waals surface area contributed by atoms with Crippen LogP contribution < -0.4 is 10.2 Å². The highest BCUT2D eigenvalue weighted by atomic mass is 32.1. The van der Waals surface area contributed by atoms with E-state index in [0.717, 1.165) is 18.5 Å². The van der Waals surface area contributed by atoms with Crippen molar-refractivity contribution in [3.8, 4) is 0 Å². The first-order chi connectivity index (χ1) is 9.65. The van der Waals surface area contributed by atoms with Gasteiger partial charge in [0.1, 0.15) is 0 Å². The molecule has 2 fully saturated rings. The van der Waals surface area contributed by atoms with E-state index in [9.17, 15) is 0 Å². The third-order valence-electron chi connectivity index (χ3n) is 4.53. The van der Waals surface area contributed by atoms with Crippen LogP contribution in [-0.4, -0.2) is 24.1 Å². The molecule has 0 saturated heterocycles. The summed E-state index contributed by atoms with van der Waals surface area (Å²) in [5, 5.41) is 4.81. The lowest BCUT2D eigenvalue weighted by Gasteiger charge is -2.23. The molecule has 0 unspecified atom stereocenters. The maximum atomic E-state index is 5.00. The van der Waals surface area contributed by atoms with E-state index in [2.05, 4.69) is 31.1 Å². The quantitative estimate of drug-likeness (QED) is 0.862. The van der Waals surface area contributed by atoms with Gasteiger partial charge in [-0.3, -0.25) is 0 Å². The van der Waals surface area contributed by atoms with Crippen molar-refractivity contribution >= 4 is 16.5 Å². The predicted octanol–water partition coefficient (Wildman–Crippen LogP) is 3.90. The van der Waals surface area contributed by atoms with E-state index in [1.165, 1.54) is 54.2 Å². The molecule has 0 radical (unpaired) electrons. The van der Waals surface area contributed by atoms with Crippen LogP contribution in [0.4, 0.5) is 5.13 Å². The molecule has 3 nitrogen and oxygen atoms in total. The van der Waals surface area contributed by atoms with Crippen LogP contribution in [-0.2, 0) is 6.54 Å². The van der Waals surface area contributed by atoms with E-state index >= 15 is 0 Å². The van der Waals surface area contributed by atoms with Gasteiger partial charge in [-0.1, -0.05) is 26.7 Å². The van der Waals surface area contributed by atoms with Crippen molar-refractivity contribution in [3.05, 3.63) is 10.6 Å². The fourth-order valence-electron chi connectivity index (χ4n) is 3.05. The van der Waals surface area contributed by atoms with E-state index in [4.69, 9.17) is 4.98 Å². The summed E-state index contributed by atoms with van der Waals surface area (Å²) in [4.78, 5) is 8.92. The summed E-state index contributed by atoms with van der Waals surface area (Å²) in [6.07, 6.45) is 8.13. The molecule has 1 aromatic rings. The van der Waals surface area contributed by atoms with Crippen molar-refractivity contribution in [2.75, 3.05) is 11.9 Å². The highest BCUT2D eigenvalue weighted by Crippen LogP contribution is 2.44. The third kappa shape index (κ3) is 3.17. The average Bonchev–Trinajstić information content (AvgIpc) is 2.97. The van der Waals surface area contributed by atoms with Crippen LogP contribution in [0.2, 0.25) is 0 Å². The molecule has 0 amide bonds. The zero-order valence-corrected chi connectivity index (χ0v) is 13.8. The maximum Gasteiger partial charge on any atom is 0.185 e. The van der Waals surface area contributed by atoms with E-state index in [1.807, 2.05) is 11.3 Å². The number of hydrogen-bond donors (Lipinski definition) is 1. The third-order valence-corrected chi connectivity index (χ3v) is 5.69. The Kier molecular flexibility index (Phi) is 4.32. The van der Waals surface area contributed by atoms with Crippen molar-refractivity contribution in [2.24, 2.45) is 0 Å². The summed E-state index contributed by atoms with van der Waals surface area (Å²) >= 11 is 1.92. The van der Waals surface area contributed by atoms with Gasteiger partial charge in [0, 0.05) is 36.5 Å². The Morgan fingerprint density at radius 3 is 2.55 bits per heavy atom. The van der Waals surface area contributed by atoms with E-state index < -0.39 is 0 Å². The summed E-state index contributed by atoms with van der Waals surface area (Å²) in [6.45, 7) is 5.41. The van der Waals surface area contributed by atoms with Gasteiger partial charge >= 0.3 is 0 Å². The molecule has 1 aromatic heterocycles. The topological polar surface area (TPSA) is 28.2 Å². The van der Waals surface area contributed by atoms with Crippen molar-refractivity contribution in [1.29, 1.82) is 0 Å². The van der Waals surface area contributed by atoms with Gasteiger partial charge in [-0.2, -0.15) is 0 Å². The lowest BCUT2D eigenvalue weighted by atomic mass is 10.2. The first-order valence-corrected chi connectivity index (χ1v) is 8.92. The molecule has 2 aliphatic rings. The van der Waals surface area contributed by atoms with Crippen LogP contribution in [0.1, 0.15) is 68.9 Å². The van der Waals surface area contributed by atoms with E-state index in [1.54, 1.807) is 0 Å². The van der Waals surface area contributed by atoms with Gasteiger partial charge in [0.2, 0.25) is 0 Å². The van der Waals surface area contributed by atoms with Gasteiger partial charge < -0.3 is 10.2 Å². The minimum atomic E-state index is 0.542. The number of nitrogens with one attached hydrogen (secondary N) is 1. The molecule has 20 heavy (non-hydrogen) atoms. The smallest absolute Gasteiger partial charge is 0.185 e. The van der Waals surface area contributed by atoms with Crippen LogP contribution >= 0.6 is 11.3 Å². The van der Waals surface area contributed by atoms with Gasteiger partial charge in [-0.05, 0) is 25.7 Å². The van der Waals surface area contributed by atoms with Gasteiger partial charge in [0.15, 0.2) is 5.13 Å². The molecular formula is C16H27N3S. The normalized spacial score (nSPS) is 20.0. The second-order valence-corrected chi connectivity index (χ2v) is 7.73. The van der Waals surface area contributed by atoms with Gasteiger partial charge in [0.25, 0.3) is 0 Å². The van der Waals surface area contributed by atoms with Crippen LogP contribution in [0, 0.1) is 0 Å².